The van der Waals surface area contributed by atoms with Crippen LogP contribution in [0.2, 0.25) is 10.0 Å². The van der Waals surface area contributed by atoms with Crippen molar-refractivity contribution in [1.82, 2.24) is 5.32 Å². The number of benzene rings is 1. The molecule has 2 aromatic rings. The van der Waals surface area contributed by atoms with Gasteiger partial charge >= 0.3 is 0 Å². The van der Waals surface area contributed by atoms with Gasteiger partial charge in [-0.05, 0) is 30.7 Å². The van der Waals surface area contributed by atoms with Gasteiger partial charge in [-0.2, -0.15) is 0 Å². The summed E-state index contributed by atoms with van der Waals surface area (Å²) in [7, 11) is 0. The summed E-state index contributed by atoms with van der Waals surface area (Å²) in [5.74, 6) is 0.191. The minimum Gasteiger partial charge on any atom is -0.484 e. The molecule has 0 aliphatic carbocycles. The third kappa shape index (κ3) is 5.53. The highest BCUT2D eigenvalue weighted by Gasteiger charge is 2.12. The van der Waals surface area contributed by atoms with Gasteiger partial charge in [-0.1, -0.05) is 23.2 Å². The Morgan fingerprint density at radius 2 is 2.00 bits per heavy atom. The maximum atomic E-state index is 12.1. The Hall–Kier alpha value is -1.56. The number of carbonyl (C=O) groups is 2. The second-order valence-electron chi connectivity index (χ2n) is 4.79. The molecule has 0 fully saturated rings. The van der Waals surface area contributed by atoms with Crippen molar-refractivity contribution in [3.63, 3.8) is 0 Å². The van der Waals surface area contributed by atoms with Crippen molar-refractivity contribution in [1.29, 1.82) is 0 Å². The summed E-state index contributed by atoms with van der Waals surface area (Å²) in [6, 6.07) is 8.49. The first kappa shape index (κ1) is 17.8. The fraction of sp³-hybridized carbons (Fsp3) is 0.250. The maximum Gasteiger partial charge on any atom is 0.216 e. The zero-order valence-corrected chi connectivity index (χ0v) is 14.7. The van der Waals surface area contributed by atoms with Gasteiger partial charge in [0, 0.05) is 29.4 Å². The van der Waals surface area contributed by atoms with E-state index in [0.29, 0.717) is 33.6 Å². The van der Waals surface area contributed by atoms with Gasteiger partial charge in [0.05, 0.1) is 9.90 Å². The molecule has 1 amide bonds. The van der Waals surface area contributed by atoms with Crippen LogP contribution in [0, 0.1) is 0 Å². The van der Waals surface area contributed by atoms with E-state index in [1.165, 1.54) is 18.3 Å². The number of halogens is 2. The van der Waals surface area contributed by atoms with E-state index in [-0.39, 0.29) is 18.3 Å². The van der Waals surface area contributed by atoms with E-state index >= 15 is 0 Å². The largest absolute Gasteiger partial charge is 0.484 e. The van der Waals surface area contributed by atoms with Gasteiger partial charge in [-0.15, -0.1) is 11.3 Å². The fourth-order valence-electron chi connectivity index (χ4n) is 1.83. The van der Waals surface area contributed by atoms with Crippen molar-refractivity contribution >= 4 is 46.2 Å². The van der Waals surface area contributed by atoms with Crippen LogP contribution in [0.3, 0.4) is 0 Å². The second-order valence-corrected chi connectivity index (χ2v) is 6.80. The number of carbonyl (C=O) groups excluding carboxylic acids is 2. The molecule has 7 heteroatoms. The lowest BCUT2D eigenvalue weighted by molar-refractivity contribution is -0.118. The van der Waals surface area contributed by atoms with Crippen molar-refractivity contribution in [3.8, 4) is 5.75 Å². The average Bonchev–Trinajstić information content (AvgIpc) is 2.96. The minimum absolute atomic E-state index is 0.0651. The van der Waals surface area contributed by atoms with Crippen LogP contribution in [0.4, 0.5) is 0 Å². The summed E-state index contributed by atoms with van der Waals surface area (Å²) in [6.45, 7) is 1.92. The predicted molar refractivity (Wildman–Crippen MR) is 93.0 cm³/mol. The van der Waals surface area contributed by atoms with Crippen molar-refractivity contribution in [2.24, 2.45) is 0 Å². The highest BCUT2D eigenvalue weighted by Crippen LogP contribution is 2.28. The number of thiophene rings is 1. The molecule has 122 valence electrons. The Labute approximate surface area is 148 Å². The molecule has 0 saturated heterocycles. The summed E-state index contributed by atoms with van der Waals surface area (Å²) in [6.07, 6.45) is 0.693. The molecule has 4 nitrogen and oxygen atoms in total. The van der Waals surface area contributed by atoms with E-state index in [0.717, 1.165) is 4.88 Å². The Bertz CT molecular complexity index is 715. The molecular weight excluding hydrogens is 357 g/mol. The number of hydrogen-bond donors (Lipinski definition) is 1. The van der Waals surface area contributed by atoms with Crippen LogP contribution in [0.15, 0.2) is 30.3 Å². The summed E-state index contributed by atoms with van der Waals surface area (Å²) in [5, 5.41) is 3.62. The van der Waals surface area contributed by atoms with Crippen LogP contribution >= 0.6 is 34.5 Å². The molecule has 0 unspecified atom stereocenters. The lowest BCUT2D eigenvalue weighted by Gasteiger charge is -2.07. The molecule has 0 radical (unpaired) electrons. The molecule has 1 heterocycles. The number of ketones is 1. The van der Waals surface area contributed by atoms with E-state index in [9.17, 15) is 9.59 Å². The summed E-state index contributed by atoms with van der Waals surface area (Å²) in [4.78, 5) is 24.6. The van der Waals surface area contributed by atoms with Crippen LogP contribution in [-0.4, -0.2) is 24.8 Å². The Balaban J connectivity index is 1.89. The minimum atomic E-state index is -0.128. The Morgan fingerprint density at radius 3 is 2.74 bits per heavy atom. The number of hydrogen-bond acceptors (Lipinski definition) is 4. The topological polar surface area (TPSA) is 55.4 Å². The molecule has 1 N–H and O–H groups in total. The van der Waals surface area contributed by atoms with Crippen LogP contribution in [0.5, 0.6) is 5.75 Å². The normalized spacial score (nSPS) is 10.4. The zero-order valence-electron chi connectivity index (χ0n) is 12.4. The number of amides is 1. The van der Waals surface area contributed by atoms with Crippen molar-refractivity contribution in [2.45, 2.75) is 13.3 Å². The molecular formula is C16H15Cl2NO3S. The van der Waals surface area contributed by atoms with E-state index in [1.54, 1.807) is 24.3 Å². The summed E-state index contributed by atoms with van der Waals surface area (Å²) >= 11 is 13.3. The van der Waals surface area contributed by atoms with Gasteiger partial charge in [-0.25, -0.2) is 0 Å². The molecule has 1 aromatic heterocycles. The van der Waals surface area contributed by atoms with E-state index in [2.05, 4.69) is 5.32 Å². The SMILES string of the molecule is CC(=O)NCCc1ccc(C(=O)COc2cc(Cl)ccc2Cl)s1. The Kier molecular flexibility index (Phi) is 6.45. The van der Waals surface area contributed by atoms with E-state index in [1.807, 2.05) is 6.07 Å². The lowest BCUT2D eigenvalue weighted by atomic mass is 10.3. The lowest BCUT2D eigenvalue weighted by Crippen LogP contribution is -2.22. The Morgan fingerprint density at radius 1 is 1.22 bits per heavy atom. The summed E-state index contributed by atoms with van der Waals surface area (Å²) in [5.41, 5.74) is 0. The standard InChI is InChI=1S/C16H15Cl2NO3S/c1-10(20)19-7-6-12-3-5-16(23-12)14(21)9-22-15-8-11(17)2-4-13(15)18/h2-5,8H,6-7,9H2,1H3,(H,19,20). The van der Waals surface area contributed by atoms with Gasteiger partial charge in [0.2, 0.25) is 11.7 Å². The number of ether oxygens (including phenoxy) is 1. The van der Waals surface area contributed by atoms with Crippen LogP contribution < -0.4 is 10.1 Å². The fourth-order valence-corrected chi connectivity index (χ4v) is 3.09. The average molecular weight is 372 g/mol. The molecule has 2 rings (SSSR count). The monoisotopic (exact) mass is 371 g/mol. The van der Waals surface area contributed by atoms with Gasteiger partial charge in [0.1, 0.15) is 5.75 Å². The number of rotatable bonds is 7. The van der Waals surface area contributed by atoms with E-state index < -0.39 is 0 Å². The third-order valence-electron chi connectivity index (χ3n) is 2.93. The molecule has 0 atom stereocenters. The van der Waals surface area contributed by atoms with Crippen molar-refractivity contribution < 1.29 is 14.3 Å². The first-order valence-electron chi connectivity index (χ1n) is 6.90. The van der Waals surface area contributed by atoms with Crippen LogP contribution in [0.1, 0.15) is 21.5 Å². The third-order valence-corrected chi connectivity index (χ3v) is 4.67. The quantitative estimate of drug-likeness (QED) is 0.748. The molecule has 0 spiro atoms. The van der Waals surface area contributed by atoms with Gasteiger partial charge in [0.15, 0.2) is 6.61 Å². The molecule has 0 bridgehead atoms. The molecule has 0 aliphatic rings. The van der Waals surface area contributed by atoms with E-state index in [4.69, 9.17) is 27.9 Å². The second kappa shape index (κ2) is 8.34. The van der Waals surface area contributed by atoms with Crippen LogP contribution in [0.25, 0.3) is 0 Å². The zero-order chi connectivity index (χ0) is 16.8. The maximum absolute atomic E-state index is 12.1. The summed E-state index contributed by atoms with van der Waals surface area (Å²) < 4.78 is 5.44. The molecule has 1 aromatic carbocycles. The number of Topliss-reactive ketones (excluding diaryl/α,β-unsaturated/α-hetero) is 1. The molecule has 0 aliphatic heterocycles. The number of nitrogens with one attached hydrogen (secondary N) is 1. The van der Waals surface area contributed by atoms with Gasteiger partial charge < -0.3 is 10.1 Å². The van der Waals surface area contributed by atoms with Crippen molar-refractivity contribution in [3.05, 3.63) is 50.1 Å². The van der Waals surface area contributed by atoms with Gasteiger partial charge in [-0.3, -0.25) is 9.59 Å². The predicted octanol–water partition coefficient (Wildman–Crippen LogP) is 4.00. The first-order valence-corrected chi connectivity index (χ1v) is 8.47. The highest BCUT2D eigenvalue weighted by atomic mass is 35.5. The van der Waals surface area contributed by atoms with Crippen molar-refractivity contribution in [2.75, 3.05) is 13.2 Å². The first-order chi connectivity index (χ1) is 11.0. The van der Waals surface area contributed by atoms with Gasteiger partial charge in [0.25, 0.3) is 0 Å². The van der Waals surface area contributed by atoms with Crippen LogP contribution in [-0.2, 0) is 11.2 Å². The highest BCUT2D eigenvalue weighted by molar-refractivity contribution is 7.14. The molecule has 0 saturated carbocycles. The smallest absolute Gasteiger partial charge is 0.216 e. The molecule has 23 heavy (non-hydrogen) atoms.